The second-order valence-electron chi connectivity index (χ2n) is 3.55. The number of ether oxygens (including phenoxy) is 1. The fourth-order valence-electron chi connectivity index (χ4n) is 1.26. The smallest absolute Gasteiger partial charge is 0.336 e. The minimum atomic E-state index is -3.28. The van der Waals surface area contributed by atoms with Gasteiger partial charge in [0.25, 0.3) is 0 Å². The first-order valence-electron chi connectivity index (χ1n) is 5.31. The molecule has 0 aliphatic carbocycles. The summed E-state index contributed by atoms with van der Waals surface area (Å²) in [6, 6.07) is 6.75. The minimum Gasteiger partial charge on any atom is -0.487 e. The molecule has 106 valence electrons. The number of oxime groups is 1. The Kier molecular flexibility index (Phi) is 6.31. The SMILES string of the molecule is COP(=O)(CC(COc1cccc(Cl)c1)=NO)OC. The second kappa shape index (κ2) is 7.50. The van der Waals surface area contributed by atoms with E-state index >= 15 is 0 Å². The molecule has 0 saturated carbocycles. The van der Waals surface area contributed by atoms with Crippen molar-refractivity contribution in [1.82, 2.24) is 0 Å². The van der Waals surface area contributed by atoms with Gasteiger partial charge in [0, 0.05) is 19.2 Å². The van der Waals surface area contributed by atoms with Gasteiger partial charge in [-0.15, -0.1) is 0 Å². The summed E-state index contributed by atoms with van der Waals surface area (Å²) in [4.78, 5) is 0. The van der Waals surface area contributed by atoms with Crippen LogP contribution in [0.2, 0.25) is 5.02 Å². The average molecular weight is 308 g/mol. The Morgan fingerprint density at radius 1 is 1.42 bits per heavy atom. The van der Waals surface area contributed by atoms with Gasteiger partial charge < -0.3 is 19.0 Å². The molecule has 6 nitrogen and oxygen atoms in total. The molecule has 0 atom stereocenters. The molecule has 0 amide bonds. The standard InChI is InChI=1S/C11H15ClNO5P/c1-16-19(15,17-2)8-10(13-14)7-18-11-5-3-4-9(12)6-11/h3-6,14H,7-8H2,1-2H3. The predicted octanol–water partition coefficient (Wildman–Crippen LogP) is 3.03. The van der Waals surface area contributed by atoms with Crippen molar-refractivity contribution < 1.29 is 23.6 Å². The molecule has 0 aromatic heterocycles. The zero-order valence-corrected chi connectivity index (χ0v) is 12.2. The molecule has 0 unspecified atom stereocenters. The van der Waals surface area contributed by atoms with Crippen molar-refractivity contribution in [2.45, 2.75) is 0 Å². The summed E-state index contributed by atoms with van der Waals surface area (Å²) in [5.41, 5.74) is 0.145. The zero-order valence-electron chi connectivity index (χ0n) is 10.6. The van der Waals surface area contributed by atoms with Crippen LogP contribution < -0.4 is 4.74 Å². The van der Waals surface area contributed by atoms with Gasteiger partial charge in [-0.1, -0.05) is 22.8 Å². The molecule has 8 heteroatoms. The Balaban J connectivity index is 2.62. The first kappa shape index (κ1) is 16.0. The fourth-order valence-corrected chi connectivity index (χ4v) is 2.45. The van der Waals surface area contributed by atoms with E-state index in [1.54, 1.807) is 24.3 Å². The highest BCUT2D eigenvalue weighted by Crippen LogP contribution is 2.46. The Morgan fingerprint density at radius 2 is 2.11 bits per heavy atom. The van der Waals surface area contributed by atoms with Crippen molar-refractivity contribution in [2.24, 2.45) is 5.16 Å². The fraction of sp³-hybridized carbons (Fsp3) is 0.364. The van der Waals surface area contributed by atoms with E-state index in [0.717, 1.165) is 0 Å². The highest BCUT2D eigenvalue weighted by atomic mass is 35.5. The van der Waals surface area contributed by atoms with Crippen LogP contribution >= 0.6 is 19.2 Å². The third kappa shape index (κ3) is 5.20. The van der Waals surface area contributed by atoms with Gasteiger partial charge in [-0.25, -0.2) is 0 Å². The monoisotopic (exact) mass is 307 g/mol. The van der Waals surface area contributed by atoms with Gasteiger partial charge in [0.2, 0.25) is 0 Å². The van der Waals surface area contributed by atoms with Crippen LogP contribution in [0.4, 0.5) is 0 Å². The van der Waals surface area contributed by atoms with E-state index in [0.29, 0.717) is 10.8 Å². The maximum atomic E-state index is 11.9. The number of hydrogen-bond donors (Lipinski definition) is 1. The summed E-state index contributed by atoms with van der Waals surface area (Å²) in [5, 5.41) is 12.4. The Labute approximate surface area is 116 Å². The molecule has 1 aromatic rings. The Bertz CT molecular complexity index is 486. The minimum absolute atomic E-state index is 0.0481. The van der Waals surface area contributed by atoms with Gasteiger partial charge in [-0.3, -0.25) is 4.57 Å². The molecular weight excluding hydrogens is 293 g/mol. The van der Waals surface area contributed by atoms with E-state index in [1.807, 2.05) is 0 Å². The van der Waals surface area contributed by atoms with E-state index < -0.39 is 7.60 Å². The number of hydrogen-bond acceptors (Lipinski definition) is 6. The van der Waals surface area contributed by atoms with Crippen LogP contribution in [0.25, 0.3) is 0 Å². The van der Waals surface area contributed by atoms with Crippen molar-refractivity contribution in [3.05, 3.63) is 29.3 Å². The van der Waals surface area contributed by atoms with Crippen LogP contribution in [0, 0.1) is 0 Å². The van der Waals surface area contributed by atoms with Crippen molar-refractivity contribution >= 4 is 24.9 Å². The van der Waals surface area contributed by atoms with Gasteiger partial charge >= 0.3 is 7.60 Å². The van der Waals surface area contributed by atoms with E-state index in [2.05, 4.69) is 5.16 Å². The summed E-state index contributed by atoms with van der Waals surface area (Å²) in [6.45, 7) is -0.0481. The number of rotatable bonds is 7. The molecule has 1 aromatic carbocycles. The van der Waals surface area contributed by atoms with Gasteiger partial charge in [0.15, 0.2) is 0 Å². The summed E-state index contributed by atoms with van der Waals surface area (Å²) < 4.78 is 26.8. The number of nitrogens with zero attached hydrogens (tertiary/aromatic N) is 1. The van der Waals surface area contributed by atoms with Gasteiger partial charge in [-0.05, 0) is 18.2 Å². The van der Waals surface area contributed by atoms with Gasteiger partial charge in [0.05, 0.1) is 6.16 Å². The summed E-state index contributed by atoms with van der Waals surface area (Å²) in [6.07, 6.45) is -0.156. The van der Waals surface area contributed by atoms with Crippen molar-refractivity contribution in [3.63, 3.8) is 0 Å². The maximum absolute atomic E-state index is 11.9. The van der Waals surface area contributed by atoms with Crippen LogP contribution in [-0.4, -0.2) is 37.9 Å². The summed E-state index contributed by atoms with van der Waals surface area (Å²) >= 11 is 5.80. The molecule has 0 saturated heterocycles. The predicted molar refractivity (Wildman–Crippen MR) is 72.7 cm³/mol. The van der Waals surface area contributed by atoms with Crippen LogP contribution in [0.1, 0.15) is 0 Å². The molecule has 19 heavy (non-hydrogen) atoms. The lowest BCUT2D eigenvalue weighted by molar-refractivity contribution is 0.276. The molecular formula is C11H15ClNO5P. The molecule has 1 N–H and O–H groups in total. The molecule has 0 fully saturated rings. The first-order chi connectivity index (χ1) is 9.03. The van der Waals surface area contributed by atoms with Crippen LogP contribution in [0.3, 0.4) is 0 Å². The largest absolute Gasteiger partial charge is 0.487 e. The molecule has 0 aliphatic heterocycles. The topological polar surface area (TPSA) is 77.4 Å². The normalized spacial score (nSPS) is 12.5. The van der Waals surface area contributed by atoms with E-state index in [4.69, 9.17) is 30.6 Å². The third-order valence-corrected chi connectivity index (χ3v) is 4.38. The highest BCUT2D eigenvalue weighted by Gasteiger charge is 2.24. The summed E-state index contributed by atoms with van der Waals surface area (Å²) in [7, 11) is -0.759. The molecule has 0 bridgehead atoms. The lowest BCUT2D eigenvalue weighted by Crippen LogP contribution is -2.17. The van der Waals surface area contributed by atoms with Crippen molar-refractivity contribution in [3.8, 4) is 5.75 Å². The van der Waals surface area contributed by atoms with E-state index in [1.165, 1.54) is 14.2 Å². The van der Waals surface area contributed by atoms with Crippen LogP contribution in [-0.2, 0) is 13.6 Å². The molecule has 0 spiro atoms. The number of halogens is 1. The van der Waals surface area contributed by atoms with Crippen molar-refractivity contribution in [1.29, 1.82) is 0 Å². The van der Waals surface area contributed by atoms with E-state index in [9.17, 15) is 4.57 Å². The highest BCUT2D eigenvalue weighted by molar-refractivity contribution is 7.54. The number of benzene rings is 1. The maximum Gasteiger partial charge on any atom is 0.336 e. The van der Waals surface area contributed by atoms with Gasteiger partial charge in [-0.2, -0.15) is 0 Å². The molecule has 0 radical (unpaired) electrons. The average Bonchev–Trinajstić information content (AvgIpc) is 2.43. The lowest BCUT2D eigenvalue weighted by atomic mass is 10.3. The van der Waals surface area contributed by atoms with Crippen LogP contribution in [0.15, 0.2) is 29.4 Å². The molecule has 0 heterocycles. The first-order valence-corrected chi connectivity index (χ1v) is 7.42. The molecule has 0 aliphatic rings. The summed E-state index contributed by atoms with van der Waals surface area (Å²) in [5.74, 6) is 0.512. The quantitative estimate of drug-likeness (QED) is 0.362. The van der Waals surface area contributed by atoms with Crippen molar-refractivity contribution in [2.75, 3.05) is 27.0 Å². The zero-order chi connectivity index (χ0) is 14.3. The van der Waals surface area contributed by atoms with Gasteiger partial charge in [0.1, 0.15) is 18.1 Å². The molecule has 1 rings (SSSR count). The Morgan fingerprint density at radius 3 is 2.63 bits per heavy atom. The van der Waals surface area contributed by atoms with E-state index in [-0.39, 0.29) is 18.5 Å². The second-order valence-corrected chi connectivity index (χ2v) is 6.25. The lowest BCUT2D eigenvalue weighted by Gasteiger charge is -2.14. The third-order valence-electron chi connectivity index (χ3n) is 2.28. The Hall–Kier alpha value is -1.07. The van der Waals surface area contributed by atoms with Crippen LogP contribution in [0.5, 0.6) is 5.75 Å².